The summed E-state index contributed by atoms with van der Waals surface area (Å²) in [5.41, 5.74) is 2.66. The first kappa shape index (κ1) is 24.0. The van der Waals surface area contributed by atoms with Crippen molar-refractivity contribution >= 4 is 23.4 Å². The zero-order chi connectivity index (χ0) is 23.9. The summed E-state index contributed by atoms with van der Waals surface area (Å²) in [5, 5.41) is 2.91. The van der Waals surface area contributed by atoms with E-state index in [2.05, 4.69) is 36.5 Å². The van der Waals surface area contributed by atoms with Crippen LogP contribution in [0, 0.1) is 11.8 Å². The van der Waals surface area contributed by atoms with Crippen LogP contribution in [0.5, 0.6) is 0 Å². The van der Waals surface area contributed by atoms with Crippen LogP contribution >= 0.6 is 0 Å². The van der Waals surface area contributed by atoms with E-state index in [0.29, 0.717) is 23.7 Å². The molecule has 0 saturated carbocycles. The Balaban J connectivity index is 1.25. The number of nitrogens with one attached hydrogen (secondary N) is 1. The van der Waals surface area contributed by atoms with Crippen LogP contribution in [-0.2, 0) is 16.0 Å². The van der Waals surface area contributed by atoms with Crippen molar-refractivity contribution in [2.24, 2.45) is 11.8 Å². The Labute approximate surface area is 202 Å². The van der Waals surface area contributed by atoms with Crippen LogP contribution < -0.4 is 5.32 Å². The highest BCUT2D eigenvalue weighted by molar-refractivity contribution is 5.98. The molecule has 2 aliphatic rings. The Hall–Kier alpha value is -3.15. The van der Waals surface area contributed by atoms with Gasteiger partial charge in [0.05, 0.1) is 5.92 Å². The van der Waals surface area contributed by atoms with Crippen LogP contribution in [0.15, 0.2) is 54.6 Å². The first-order chi connectivity index (χ1) is 16.5. The summed E-state index contributed by atoms with van der Waals surface area (Å²) >= 11 is 0. The van der Waals surface area contributed by atoms with Gasteiger partial charge in [-0.25, -0.2) is 0 Å². The van der Waals surface area contributed by atoms with Crippen molar-refractivity contribution in [2.75, 3.05) is 31.5 Å². The first-order valence-electron chi connectivity index (χ1n) is 12.6. The van der Waals surface area contributed by atoms with Gasteiger partial charge in [-0.15, -0.1) is 0 Å². The number of carbonyl (C=O) groups excluding carboxylic acids is 3. The molecule has 1 N–H and O–H groups in total. The Morgan fingerprint density at radius 2 is 1.71 bits per heavy atom. The Kier molecular flexibility index (Phi) is 7.99. The largest absolute Gasteiger partial charge is 0.342 e. The van der Waals surface area contributed by atoms with E-state index in [0.717, 1.165) is 51.7 Å². The van der Waals surface area contributed by atoms with Crippen molar-refractivity contribution in [1.82, 2.24) is 9.80 Å². The molecule has 0 aliphatic carbocycles. The second-order valence-electron chi connectivity index (χ2n) is 9.59. The lowest BCUT2D eigenvalue weighted by Crippen LogP contribution is -2.38. The van der Waals surface area contributed by atoms with Gasteiger partial charge in [-0.05, 0) is 61.4 Å². The van der Waals surface area contributed by atoms with Gasteiger partial charge in [0.15, 0.2) is 0 Å². The number of anilines is 1. The smallest absolute Gasteiger partial charge is 0.253 e. The molecule has 0 bridgehead atoms. The quantitative estimate of drug-likeness (QED) is 0.635. The molecule has 2 heterocycles. The first-order valence-corrected chi connectivity index (χ1v) is 12.6. The molecule has 0 spiro atoms. The SMILES string of the molecule is CCCCN1CC(C(=O)Nc2ccc(C(=O)N3CCC(Cc4ccccc4)CC3)cc2)CC1=O. The number of carbonyl (C=O) groups is 3. The van der Waals surface area contributed by atoms with E-state index in [1.165, 1.54) is 5.56 Å². The van der Waals surface area contributed by atoms with E-state index in [1.807, 2.05) is 11.0 Å². The van der Waals surface area contributed by atoms with Crippen LogP contribution in [0.1, 0.15) is 54.9 Å². The summed E-state index contributed by atoms with van der Waals surface area (Å²) in [5.74, 6) is 0.269. The van der Waals surface area contributed by atoms with Crippen LogP contribution in [-0.4, -0.2) is 53.7 Å². The third-order valence-electron chi connectivity index (χ3n) is 7.04. The molecule has 2 aromatic carbocycles. The van der Waals surface area contributed by atoms with Gasteiger partial charge in [0.2, 0.25) is 11.8 Å². The van der Waals surface area contributed by atoms with Gasteiger partial charge in [0.25, 0.3) is 5.91 Å². The maximum absolute atomic E-state index is 13.0. The molecule has 1 unspecified atom stereocenters. The van der Waals surface area contributed by atoms with E-state index in [-0.39, 0.29) is 30.1 Å². The molecule has 2 saturated heterocycles. The lowest BCUT2D eigenvalue weighted by atomic mass is 9.90. The molecule has 180 valence electrons. The van der Waals surface area contributed by atoms with E-state index in [9.17, 15) is 14.4 Å². The molecule has 2 fully saturated rings. The summed E-state index contributed by atoms with van der Waals surface area (Å²) in [7, 11) is 0. The topological polar surface area (TPSA) is 69.7 Å². The van der Waals surface area contributed by atoms with Gasteiger partial charge < -0.3 is 15.1 Å². The fourth-order valence-electron chi connectivity index (χ4n) is 4.92. The van der Waals surface area contributed by atoms with Crippen molar-refractivity contribution in [1.29, 1.82) is 0 Å². The number of rotatable bonds is 8. The zero-order valence-electron chi connectivity index (χ0n) is 20.0. The minimum absolute atomic E-state index is 0.0454. The average molecular weight is 462 g/mol. The highest BCUT2D eigenvalue weighted by Gasteiger charge is 2.34. The number of amides is 3. The van der Waals surface area contributed by atoms with Gasteiger partial charge in [-0.1, -0.05) is 43.7 Å². The number of nitrogens with zero attached hydrogens (tertiary/aromatic N) is 2. The number of benzene rings is 2. The lowest BCUT2D eigenvalue weighted by Gasteiger charge is -2.32. The van der Waals surface area contributed by atoms with Gasteiger partial charge >= 0.3 is 0 Å². The van der Waals surface area contributed by atoms with Crippen LogP contribution in [0.4, 0.5) is 5.69 Å². The molecule has 1 atom stereocenters. The molecule has 4 rings (SSSR count). The van der Waals surface area contributed by atoms with Crippen molar-refractivity contribution in [3.05, 3.63) is 65.7 Å². The molecule has 6 heteroatoms. The maximum Gasteiger partial charge on any atom is 0.253 e. The number of piperidine rings is 1. The van der Waals surface area contributed by atoms with E-state index in [1.54, 1.807) is 29.2 Å². The second kappa shape index (κ2) is 11.3. The molecule has 6 nitrogen and oxygen atoms in total. The average Bonchev–Trinajstić information content (AvgIpc) is 3.24. The fourth-order valence-corrected chi connectivity index (χ4v) is 4.92. The minimum Gasteiger partial charge on any atom is -0.342 e. The summed E-state index contributed by atoms with van der Waals surface area (Å²) in [6.07, 6.45) is 5.36. The van der Waals surface area contributed by atoms with Crippen molar-refractivity contribution in [2.45, 2.75) is 45.4 Å². The Morgan fingerprint density at radius 3 is 2.38 bits per heavy atom. The van der Waals surface area contributed by atoms with E-state index >= 15 is 0 Å². The molecular formula is C28H35N3O3. The van der Waals surface area contributed by atoms with Crippen molar-refractivity contribution < 1.29 is 14.4 Å². The lowest BCUT2D eigenvalue weighted by molar-refractivity contribution is -0.128. The molecule has 0 aromatic heterocycles. The van der Waals surface area contributed by atoms with E-state index < -0.39 is 0 Å². The van der Waals surface area contributed by atoms with Crippen molar-refractivity contribution in [3.8, 4) is 0 Å². The summed E-state index contributed by atoms with van der Waals surface area (Å²) < 4.78 is 0. The van der Waals surface area contributed by atoms with Gasteiger partial charge in [0.1, 0.15) is 0 Å². The monoisotopic (exact) mass is 461 g/mol. The molecule has 2 aliphatic heterocycles. The fraction of sp³-hybridized carbons (Fsp3) is 0.464. The third kappa shape index (κ3) is 6.04. The van der Waals surface area contributed by atoms with Gasteiger partial charge in [0, 0.05) is 43.9 Å². The standard InChI is InChI=1S/C28H35N3O3/c1-2-3-15-31-20-24(19-26(31)32)27(33)29-25-11-9-23(10-12-25)28(34)30-16-13-22(14-17-30)18-21-7-5-4-6-8-21/h4-12,22,24H,2-3,13-20H2,1H3,(H,29,33). The van der Waals surface area contributed by atoms with Crippen LogP contribution in [0.2, 0.25) is 0 Å². The summed E-state index contributed by atoms with van der Waals surface area (Å²) in [6.45, 7) is 4.85. The highest BCUT2D eigenvalue weighted by atomic mass is 16.2. The van der Waals surface area contributed by atoms with Crippen molar-refractivity contribution in [3.63, 3.8) is 0 Å². The summed E-state index contributed by atoms with van der Waals surface area (Å²) in [6, 6.07) is 17.7. The molecular weight excluding hydrogens is 426 g/mol. The third-order valence-corrected chi connectivity index (χ3v) is 7.04. The number of hydrogen-bond donors (Lipinski definition) is 1. The number of hydrogen-bond acceptors (Lipinski definition) is 3. The molecule has 0 radical (unpaired) electrons. The molecule has 2 aromatic rings. The van der Waals surface area contributed by atoms with Gasteiger partial charge in [-0.2, -0.15) is 0 Å². The second-order valence-corrected chi connectivity index (χ2v) is 9.59. The number of likely N-dealkylation sites (tertiary alicyclic amines) is 2. The van der Waals surface area contributed by atoms with E-state index in [4.69, 9.17) is 0 Å². The predicted molar refractivity (Wildman–Crippen MR) is 133 cm³/mol. The summed E-state index contributed by atoms with van der Waals surface area (Å²) in [4.78, 5) is 41.5. The Bertz CT molecular complexity index is 982. The van der Waals surface area contributed by atoms with Crippen LogP contribution in [0.3, 0.4) is 0 Å². The zero-order valence-corrected chi connectivity index (χ0v) is 20.0. The minimum atomic E-state index is -0.317. The number of unbranched alkanes of at least 4 members (excludes halogenated alkanes) is 1. The Morgan fingerprint density at radius 1 is 1.00 bits per heavy atom. The predicted octanol–water partition coefficient (Wildman–Crippen LogP) is 4.37. The normalized spacial score (nSPS) is 18.9. The van der Waals surface area contributed by atoms with Crippen LogP contribution in [0.25, 0.3) is 0 Å². The molecule has 3 amide bonds. The maximum atomic E-state index is 13.0. The molecule has 34 heavy (non-hydrogen) atoms. The van der Waals surface area contributed by atoms with Gasteiger partial charge in [-0.3, -0.25) is 14.4 Å². The highest BCUT2D eigenvalue weighted by Crippen LogP contribution is 2.24.